The second kappa shape index (κ2) is 5.22. The van der Waals surface area contributed by atoms with E-state index in [0.717, 1.165) is 17.5 Å². The summed E-state index contributed by atoms with van der Waals surface area (Å²) in [6, 6.07) is 0. The third-order valence-corrected chi connectivity index (χ3v) is 3.66. The van der Waals surface area contributed by atoms with Crippen molar-refractivity contribution in [1.29, 1.82) is 0 Å². The van der Waals surface area contributed by atoms with Crippen molar-refractivity contribution in [1.82, 2.24) is 4.72 Å². The number of nitrogens with zero attached hydrogens (tertiary/aromatic N) is 1. The number of carbonyl (C=O) groups excluding carboxylic acids is 1. The van der Waals surface area contributed by atoms with Gasteiger partial charge in [0, 0.05) is 18.0 Å². The van der Waals surface area contributed by atoms with Crippen molar-refractivity contribution in [3.05, 3.63) is 35.5 Å². The lowest BCUT2D eigenvalue weighted by Gasteiger charge is -2.19. The maximum atomic E-state index is 11.8. The Hall–Kier alpha value is -1.53. The van der Waals surface area contributed by atoms with E-state index in [1.54, 1.807) is 0 Å². The molecule has 1 N–H and O–H groups in total. The number of aliphatic imine (C=N–C) groups is 1. The number of hydrogen-bond donors (Lipinski definition) is 1. The fraction of sp³-hybridized carbons (Fsp3) is 0.385. The molecular weight excluding hydrogens is 264 g/mol. The van der Waals surface area contributed by atoms with Gasteiger partial charge in [-0.3, -0.25) is 4.79 Å². The van der Waals surface area contributed by atoms with Gasteiger partial charge in [0.2, 0.25) is 10.0 Å². The molecule has 0 saturated heterocycles. The molecule has 0 saturated carbocycles. The summed E-state index contributed by atoms with van der Waals surface area (Å²) in [6.07, 6.45) is 9.18. The van der Waals surface area contributed by atoms with Gasteiger partial charge in [0.1, 0.15) is 0 Å². The fourth-order valence-corrected chi connectivity index (χ4v) is 2.49. The zero-order valence-electron chi connectivity index (χ0n) is 10.9. The van der Waals surface area contributed by atoms with Crippen LogP contribution in [0.5, 0.6) is 0 Å². The van der Waals surface area contributed by atoms with Gasteiger partial charge in [-0.1, -0.05) is 18.2 Å². The van der Waals surface area contributed by atoms with Gasteiger partial charge >= 0.3 is 0 Å². The summed E-state index contributed by atoms with van der Waals surface area (Å²) in [4.78, 5) is 15.9. The minimum Gasteiger partial charge on any atom is -0.267 e. The molecule has 1 unspecified atom stereocenters. The Kier molecular flexibility index (Phi) is 3.82. The van der Waals surface area contributed by atoms with Crippen molar-refractivity contribution in [3.63, 3.8) is 0 Å². The highest BCUT2D eigenvalue weighted by Gasteiger charge is 2.22. The zero-order chi connectivity index (χ0) is 14.0. The van der Waals surface area contributed by atoms with Crippen LogP contribution in [0.1, 0.15) is 13.3 Å². The van der Waals surface area contributed by atoms with Gasteiger partial charge in [-0.15, -0.1) is 0 Å². The van der Waals surface area contributed by atoms with Crippen molar-refractivity contribution in [2.24, 2.45) is 10.9 Å². The molecule has 2 rings (SSSR count). The molecule has 0 bridgehead atoms. The molecule has 0 fully saturated rings. The van der Waals surface area contributed by atoms with Crippen LogP contribution >= 0.6 is 0 Å². The highest BCUT2D eigenvalue weighted by atomic mass is 32.2. The Bertz CT molecular complexity index is 624. The monoisotopic (exact) mass is 280 g/mol. The van der Waals surface area contributed by atoms with E-state index in [1.807, 2.05) is 31.2 Å². The molecule has 1 aliphatic heterocycles. The average Bonchev–Trinajstić information content (AvgIpc) is 2.28. The first-order valence-electron chi connectivity index (χ1n) is 6.00. The lowest BCUT2D eigenvalue weighted by Crippen LogP contribution is -2.26. The van der Waals surface area contributed by atoms with Crippen LogP contribution in [-0.2, 0) is 14.8 Å². The number of carbonyl (C=O) groups is 1. The average molecular weight is 280 g/mol. The van der Waals surface area contributed by atoms with E-state index in [9.17, 15) is 13.2 Å². The molecule has 0 aromatic carbocycles. The van der Waals surface area contributed by atoms with Crippen LogP contribution in [0.3, 0.4) is 0 Å². The Labute approximate surface area is 112 Å². The van der Waals surface area contributed by atoms with Crippen molar-refractivity contribution >= 4 is 21.6 Å². The summed E-state index contributed by atoms with van der Waals surface area (Å²) in [6.45, 7) is 2.17. The number of rotatable bonds is 4. The van der Waals surface area contributed by atoms with Crippen molar-refractivity contribution in [3.8, 4) is 0 Å². The first kappa shape index (κ1) is 13.9. The van der Waals surface area contributed by atoms with Gasteiger partial charge in [-0.2, -0.15) is 0 Å². The minimum atomic E-state index is -3.22. The molecule has 1 amide bonds. The Morgan fingerprint density at radius 2 is 2.16 bits per heavy atom. The topological polar surface area (TPSA) is 75.6 Å². The zero-order valence-corrected chi connectivity index (χ0v) is 11.7. The van der Waals surface area contributed by atoms with E-state index in [1.165, 1.54) is 0 Å². The largest absolute Gasteiger partial charge is 0.272 e. The third kappa shape index (κ3) is 3.71. The molecule has 0 radical (unpaired) electrons. The van der Waals surface area contributed by atoms with Gasteiger partial charge < -0.3 is 0 Å². The maximum Gasteiger partial charge on any atom is 0.272 e. The third-order valence-electron chi connectivity index (χ3n) is 2.93. The highest BCUT2D eigenvalue weighted by molar-refractivity contribution is 7.88. The number of dihydropyridines is 1. The SMILES string of the molecule is CC1=CC2=NC(=O)C(CCNS(C)(=O)=O)=CC2C=C1. The van der Waals surface area contributed by atoms with Gasteiger partial charge in [-0.05, 0) is 25.0 Å². The molecule has 6 heteroatoms. The summed E-state index contributed by atoms with van der Waals surface area (Å²) in [5, 5.41) is 0. The normalized spacial score (nSPS) is 22.5. The van der Waals surface area contributed by atoms with E-state index < -0.39 is 10.0 Å². The number of fused-ring (bicyclic) bond motifs is 1. The molecule has 0 aromatic heterocycles. The molecule has 2 aliphatic rings. The summed E-state index contributed by atoms with van der Waals surface area (Å²) in [7, 11) is -3.22. The molecule has 0 spiro atoms. The van der Waals surface area contributed by atoms with Crippen molar-refractivity contribution < 1.29 is 13.2 Å². The van der Waals surface area contributed by atoms with E-state index in [-0.39, 0.29) is 18.4 Å². The molecule has 19 heavy (non-hydrogen) atoms. The standard InChI is InChI=1S/C13H16N2O3S/c1-9-3-4-10-8-11(5-6-14-19(2,17)18)13(16)15-12(10)7-9/h3-4,7-8,10,14H,5-6H2,1-2H3. The molecule has 102 valence electrons. The fourth-order valence-electron chi connectivity index (χ4n) is 2.02. The molecule has 5 nitrogen and oxygen atoms in total. The van der Waals surface area contributed by atoms with Gasteiger partial charge in [0.05, 0.1) is 12.0 Å². The highest BCUT2D eigenvalue weighted by Crippen LogP contribution is 2.23. The van der Waals surface area contributed by atoms with E-state index in [2.05, 4.69) is 9.71 Å². The number of allylic oxidation sites excluding steroid dienone is 5. The van der Waals surface area contributed by atoms with E-state index in [4.69, 9.17) is 0 Å². The second-order valence-electron chi connectivity index (χ2n) is 4.72. The summed E-state index contributed by atoms with van der Waals surface area (Å²) >= 11 is 0. The van der Waals surface area contributed by atoms with Crippen LogP contribution in [-0.4, -0.2) is 32.8 Å². The Morgan fingerprint density at radius 1 is 1.42 bits per heavy atom. The van der Waals surface area contributed by atoms with Gasteiger partial charge in [0.25, 0.3) is 5.91 Å². The van der Waals surface area contributed by atoms with Crippen LogP contribution in [0, 0.1) is 5.92 Å². The van der Waals surface area contributed by atoms with Crippen molar-refractivity contribution in [2.75, 3.05) is 12.8 Å². The number of nitrogens with one attached hydrogen (secondary N) is 1. The maximum absolute atomic E-state index is 11.8. The lowest BCUT2D eigenvalue weighted by molar-refractivity contribution is -0.114. The predicted octanol–water partition coefficient (Wildman–Crippen LogP) is 0.966. The summed E-state index contributed by atoms with van der Waals surface area (Å²) in [5.74, 6) is -0.254. The quantitative estimate of drug-likeness (QED) is 0.833. The van der Waals surface area contributed by atoms with Crippen LogP contribution in [0.2, 0.25) is 0 Å². The van der Waals surface area contributed by atoms with Crippen molar-refractivity contribution in [2.45, 2.75) is 13.3 Å². The van der Waals surface area contributed by atoms with Gasteiger partial charge in [-0.25, -0.2) is 18.1 Å². The summed E-state index contributed by atoms with van der Waals surface area (Å²) in [5.41, 5.74) is 2.38. The smallest absolute Gasteiger partial charge is 0.267 e. The van der Waals surface area contributed by atoms with Crippen LogP contribution in [0.25, 0.3) is 0 Å². The number of amides is 1. The molecular formula is C13H16N2O3S. The molecule has 1 atom stereocenters. The first-order valence-corrected chi connectivity index (χ1v) is 7.89. The Balaban J connectivity index is 2.05. The molecule has 1 aliphatic carbocycles. The predicted molar refractivity (Wildman–Crippen MR) is 74.4 cm³/mol. The number of sulfonamides is 1. The van der Waals surface area contributed by atoms with Gasteiger partial charge in [0.15, 0.2) is 0 Å². The minimum absolute atomic E-state index is 0.0228. The Morgan fingerprint density at radius 3 is 2.84 bits per heavy atom. The molecule has 1 heterocycles. The van der Waals surface area contributed by atoms with Crippen LogP contribution in [0.4, 0.5) is 0 Å². The van der Waals surface area contributed by atoms with Crippen LogP contribution < -0.4 is 4.72 Å². The lowest BCUT2D eigenvalue weighted by atomic mass is 9.90. The second-order valence-corrected chi connectivity index (χ2v) is 6.56. The van der Waals surface area contributed by atoms with Crippen LogP contribution in [0.15, 0.2) is 40.4 Å². The number of hydrogen-bond acceptors (Lipinski definition) is 3. The van der Waals surface area contributed by atoms with E-state index in [0.29, 0.717) is 12.0 Å². The molecule has 0 aromatic rings. The van der Waals surface area contributed by atoms with E-state index >= 15 is 0 Å². The summed E-state index contributed by atoms with van der Waals surface area (Å²) < 4.78 is 24.3. The first-order chi connectivity index (χ1) is 8.85.